The number of fused-ring (bicyclic) bond motifs is 3. The van der Waals surface area contributed by atoms with Gasteiger partial charge < -0.3 is 4.74 Å². The van der Waals surface area contributed by atoms with E-state index in [0.717, 1.165) is 50.8 Å². The van der Waals surface area contributed by atoms with E-state index in [0.29, 0.717) is 0 Å². The quantitative estimate of drug-likeness (QED) is 0.187. The van der Waals surface area contributed by atoms with Crippen molar-refractivity contribution in [3.63, 3.8) is 0 Å². The first kappa shape index (κ1) is 32.4. The molecule has 5 nitrogen and oxygen atoms in total. The van der Waals surface area contributed by atoms with Crippen molar-refractivity contribution in [2.24, 2.45) is 0 Å². The van der Waals surface area contributed by atoms with Crippen molar-refractivity contribution in [2.45, 2.75) is 80.1 Å². The number of hydrogen-bond donors (Lipinski definition) is 0. The smallest absolute Gasteiger partial charge is 0.137 e. The third-order valence-corrected chi connectivity index (χ3v) is 9.75. The molecule has 7 rings (SSSR count). The van der Waals surface area contributed by atoms with Gasteiger partial charge in [-0.15, -0.1) is 0 Å². The van der Waals surface area contributed by atoms with E-state index >= 15 is 0 Å². The molecular weight excluding hydrogens is 601 g/mol. The molecule has 0 amide bonds. The van der Waals surface area contributed by atoms with Crippen molar-refractivity contribution in [1.29, 1.82) is 0 Å². The van der Waals surface area contributed by atoms with Crippen molar-refractivity contribution < 1.29 is 4.74 Å². The van der Waals surface area contributed by atoms with Crippen LogP contribution in [0.4, 0.5) is 0 Å². The Morgan fingerprint density at radius 1 is 0.592 bits per heavy atom. The number of aromatic nitrogens is 4. The Bertz CT molecular complexity index is 2360. The van der Waals surface area contributed by atoms with Gasteiger partial charge in [0.2, 0.25) is 0 Å². The Labute approximate surface area is 290 Å². The van der Waals surface area contributed by atoms with E-state index in [-0.39, 0.29) is 10.8 Å². The highest BCUT2D eigenvalue weighted by atomic mass is 16.5. The first-order chi connectivity index (χ1) is 23.2. The predicted molar refractivity (Wildman–Crippen MR) is 204 cm³/mol. The van der Waals surface area contributed by atoms with Gasteiger partial charge in [-0.05, 0) is 109 Å². The van der Waals surface area contributed by atoms with E-state index in [4.69, 9.17) is 14.8 Å². The molecule has 3 heterocycles. The molecular formula is C44H46N4O. The second kappa shape index (κ2) is 11.8. The zero-order valence-corrected chi connectivity index (χ0v) is 30.4. The minimum absolute atomic E-state index is 0.00545. The summed E-state index contributed by atoms with van der Waals surface area (Å²) in [5, 5.41) is 7.45. The molecule has 7 aromatic rings. The lowest BCUT2D eigenvalue weighted by atomic mass is 9.86. The largest absolute Gasteiger partial charge is 0.457 e. The molecule has 0 fully saturated rings. The summed E-state index contributed by atoms with van der Waals surface area (Å²) in [6.07, 6.45) is 1.92. The fraction of sp³-hybridized carbons (Fsp3) is 0.273. The third-order valence-electron chi connectivity index (χ3n) is 9.75. The molecule has 0 aliphatic heterocycles. The van der Waals surface area contributed by atoms with Gasteiger partial charge in [0.05, 0.1) is 22.4 Å². The van der Waals surface area contributed by atoms with E-state index in [1.807, 2.05) is 6.20 Å². The molecule has 0 saturated heterocycles. The van der Waals surface area contributed by atoms with Crippen LogP contribution < -0.4 is 4.74 Å². The summed E-state index contributed by atoms with van der Waals surface area (Å²) in [7, 11) is 0. The van der Waals surface area contributed by atoms with E-state index < -0.39 is 0 Å². The third kappa shape index (κ3) is 5.82. The van der Waals surface area contributed by atoms with Gasteiger partial charge in [0, 0.05) is 40.4 Å². The second-order valence-corrected chi connectivity index (χ2v) is 15.5. The zero-order valence-electron chi connectivity index (χ0n) is 30.4. The zero-order chi connectivity index (χ0) is 34.8. The summed E-state index contributed by atoms with van der Waals surface area (Å²) in [6.45, 7) is 22.1. The molecule has 3 aromatic heterocycles. The van der Waals surface area contributed by atoms with Crippen LogP contribution in [0.25, 0.3) is 44.4 Å². The molecule has 0 unspecified atom stereocenters. The highest BCUT2D eigenvalue weighted by Crippen LogP contribution is 2.39. The van der Waals surface area contributed by atoms with Crippen molar-refractivity contribution in [3.05, 3.63) is 131 Å². The number of para-hydroxylation sites is 1. The second-order valence-electron chi connectivity index (χ2n) is 15.5. The molecule has 0 radical (unpaired) electrons. The number of pyridine rings is 1. The number of hydrogen-bond acceptors (Lipinski definition) is 3. The summed E-state index contributed by atoms with van der Waals surface area (Å²) >= 11 is 0. The number of benzene rings is 4. The van der Waals surface area contributed by atoms with Gasteiger partial charge in [-0.2, -0.15) is 5.10 Å². The van der Waals surface area contributed by atoms with Crippen LogP contribution in [0.15, 0.2) is 97.2 Å². The van der Waals surface area contributed by atoms with E-state index in [1.54, 1.807) is 0 Å². The number of ether oxygens (including phenoxy) is 1. The molecule has 0 aliphatic rings. The molecule has 0 aliphatic carbocycles. The topological polar surface area (TPSA) is 44.9 Å². The molecule has 0 atom stereocenters. The van der Waals surface area contributed by atoms with Crippen molar-refractivity contribution in [1.82, 2.24) is 19.3 Å². The van der Waals surface area contributed by atoms with Gasteiger partial charge in [-0.1, -0.05) is 77.9 Å². The maximum absolute atomic E-state index is 6.77. The Morgan fingerprint density at radius 3 is 2.00 bits per heavy atom. The lowest BCUT2D eigenvalue weighted by Crippen LogP contribution is -2.12. The Hall–Kier alpha value is -5.16. The number of aryl methyl sites for hydroxylation is 3. The summed E-state index contributed by atoms with van der Waals surface area (Å²) in [4.78, 5) is 4.86. The van der Waals surface area contributed by atoms with Crippen LogP contribution in [0.2, 0.25) is 0 Å². The van der Waals surface area contributed by atoms with Gasteiger partial charge in [0.1, 0.15) is 17.3 Å². The first-order valence-electron chi connectivity index (χ1n) is 17.2. The summed E-state index contributed by atoms with van der Waals surface area (Å²) in [6, 6.07) is 32.2. The van der Waals surface area contributed by atoms with Crippen molar-refractivity contribution in [2.75, 3.05) is 0 Å². The van der Waals surface area contributed by atoms with Gasteiger partial charge in [0.25, 0.3) is 0 Å². The molecule has 0 N–H and O–H groups in total. The van der Waals surface area contributed by atoms with Crippen LogP contribution in [-0.2, 0) is 10.8 Å². The average molecular weight is 647 g/mol. The molecule has 248 valence electrons. The van der Waals surface area contributed by atoms with Crippen LogP contribution in [0.3, 0.4) is 0 Å². The van der Waals surface area contributed by atoms with Gasteiger partial charge in [-0.3, -0.25) is 4.57 Å². The van der Waals surface area contributed by atoms with Crippen LogP contribution in [0, 0.1) is 27.7 Å². The highest BCUT2D eigenvalue weighted by molar-refractivity contribution is 6.09. The molecule has 0 saturated carbocycles. The molecule has 0 spiro atoms. The Balaban J connectivity index is 1.36. The van der Waals surface area contributed by atoms with E-state index in [9.17, 15) is 0 Å². The summed E-state index contributed by atoms with van der Waals surface area (Å²) in [5.74, 6) is 2.45. The number of nitrogens with zero attached hydrogens (tertiary/aromatic N) is 4. The minimum atomic E-state index is -0.0974. The molecule has 4 aromatic carbocycles. The van der Waals surface area contributed by atoms with Crippen molar-refractivity contribution in [3.8, 4) is 34.1 Å². The SMILES string of the molecule is Cc1cccc(C)c1-c1c(C)nn(-c2cc(Oc3ccc4c5ccccc5n(-c5cc(C(C)(C)C)ccn5)c4c3)cc(C(C)(C)C)c2)c1C. The van der Waals surface area contributed by atoms with Crippen LogP contribution in [0.5, 0.6) is 11.5 Å². The maximum atomic E-state index is 6.77. The normalized spacial score (nSPS) is 12.3. The minimum Gasteiger partial charge on any atom is -0.457 e. The monoisotopic (exact) mass is 646 g/mol. The Morgan fingerprint density at radius 2 is 1.29 bits per heavy atom. The van der Waals surface area contributed by atoms with Gasteiger partial charge in [0.15, 0.2) is 0 Å². The van der Waals surface area contributed by atoms with Crippen LogP contribution in [0.1, 0.15) is 75.2 Å². The van der Waals surface area contributed by atoms with Crippen LogP contribution in [-0.4, -0.2) is 19.3 Å². The van der Waals surface area contributed by atoms with Gasteiger partial charge in [-0.25, -0.2) is 9.67 Å². The average Bonchev–Trinajstić information content (AvgIpc) is 3.53. The first-order valence-corrected chi connectivity index (χ1v) is 17.2. The predicted octanol–water partition coefficient (Wildman–Crippen LogP) is 11.7. The Kier molecular flexibility index (Phi) is 7.78. The lowest BCUT2D eigenvalue weighted by Gasteiger charge is -2.22. The van der Waals surface area contributed by atoms with Crippen LogP contribution >= 0.6 is 0 Å². The molecule has 49 heavy (non-hydrogen) atoms. The fourth-order valence-corrected chi connectivity index (χ4v) is 7.07. The van der Waals surface area contributed by atoms with E-state index in [1.165, 1.54) is 38.8 Å². The lowest BCUT2D eigenvalue weighted by molar-refractivity contribution is 0.478. The standard InChI is InChI=1S/C44H46N4O/c1-27-14-13-15-28(2)41(27)42-29(3)46-48(30(42)4)33-22-32(44(8,9)10)23-35(25-33)49-34-18-19-37-36-16-11-12-17-38(36)47(39(37)26-34)40-24-31(20-21-45-40)43(5,6)7/h11-26H,1-10H3. The van der Waals surface area contributed by atoms with Crippen molar-refractivity contribution >= 4 is 21.8 Å². The number of rotatable bonds is 5. The molecule has 0 bridgehead atoms. The molecule has 5 heteroatoms. The summed E-state index contributed by atoms with van der Waals surface area (Å²) in [5.41, 5.74) is 12.6. The highest BCUT2D eigenvalue weighted by Gasteiger charge is 2.22. The van der Waals surface area contributed by atoms with Gasteiger partial charge >= 0.3 is 0 Å². The van der Waals surface area contributed by atoms with E-state index in [2.05, 4.69) is 169 Å². The summed E-state index contributed by atoms with van der Waals surface area (Å²) < 4.78 is 11.1. The fourth-order valence-electron chi connectivity index (χ4n) is 7.07. The maximum Gasteiger partial charge on any atom is 0.137 e.